The number of halogens is 1. The van der Waals surface area contributed by atoms with Gasteiger partial charge in [0, 0.05) is 11.6 Å². The first-order valence-corrected chi connectivity index (χ1v) is 6.58. The topological polar surface area (TPSA) is 44.5 Å². The van der Waals surface area contributed by atoms with Gasteiger partial charge in [0.1, 0.15) is 30.5 Å². The highest BCUT2D eigenvalue weighted by Crippen LogP contribution is 2.13. The summed E-state index contributed by atoms with van der Waals surface area (Å²) in [5.41, 5.74) is 6.20. The Balaban J connectivity index is 1.76. The third kappa shape index (κ3) is 5.17. The van der Waals surface area contributed by atoms with Gasteiger partial charge in [-0.3, -0.25) is 0 Å². The predicted molar refractivity (Wildman–Crippen MR) is 79.8 cm³/mol. The molecule has 0 aliphatic heterocycles. The summed E-state index contributed by atoms with van der Waals surface area (Å²) in [7, 11) is 0. The summed E-state index contributed by atoms with van der Waals surface area (Å²) in [6, 6.07) is 13.4. The third-order valence-electron chi connectivity index (χ3n) is 2.61. The maximum absolute atomic E-state index is 12.9. The van der Waals surface area contributed by atoms with Gasteiger partial charge in [-0.15, -0.1) is 0 Å². The quantitative estimate of drug-likeness (QED) is 0.678. The lowest BCUT2D eigenvalue weighted by atomic mass is 10.2. The second-order valence-electron chi connectivity index (χ2n) is 4.18. The molecule has 2 rings (SSSR count). The molecule has 21 heavy (non-hydrogen) atoms. The minimum absolute atomic E-state index is 0.317. The van der Waals surface area contributed by atoms with E-state index in [-0.39, 0.29) is 5.82 Å². The van der Waals surface area contributed by atoms with E-state index in [9.17, 15) is 4.39 Å². The fourth-order valence-corrected chi connectivity index (χ4v) is 1.66. The van der Waals surface area contributed by atoms with E-state index in [1.807, 2.05) is 24.3 Å². The normalized spacial score (nSPS) is 9.62. The summed E-state index contributed by atoms with van der Waals surface area (Å²) in [5, 5.41) is 0. The van der Waals surface area contributed by atoms with E-state index in [1.165, 1.54) is 12.1 Å². The standard InChI is InChI=1S/C17H16FNO2/c18-15-4-1-5-17(13-15)21-12-11-20-16-8-6-14(7-9-16)3-2-10-19/h1,4-9,13H,10-12,19H2. The van der Waals surface area contributed by atoms with E-state index >= 15 is 0 Å². The van der Waals surface area contributed by atoms with Crippen molar-refractivity contribution in [3.05, 3.63) is 59.9 Å². The maximum atomic E-state index is 12.9. The Morgan fingerprint density at radius 3 is 2.33 bits per heavy atom. The molecule has 2 aromatic rings. The van der Waals surface area contributed by atoms with Gasteiger partial charge in [-0.25, -0.2) is 4.39 Å². The molecule has 0 fully saturated rings. The van der Waals surface area contributed by atoms with Crippen molar-refractivity contribution in [2.24, 2.45) is 5.73 Å². The number of rotatable bonds is 5. The van der Waals surface area contributed by atoms with Crippen molar-refractivity contribution in [1.29, 1.82) is 0 Å². The Morgan fingerprint density at radius 1 is 0.952 bits per heavy atom. The zero-order valence-electron chi connectivity index (χ0n) is 11.5. The van der Waals surface area contributed by atoms with Crippen molar-refractivity contribution in [2.45, 2.75) is 0 Å². The van der Waals surface area contributed by atoms with E-state index in [1.54, 1.807) is 12.1 Å². The lowest BCUT2D eigenvalue weighted by Gasteiger charge is -2.08. The zero-order valence-corrected chi connectivity index (χ0v) is 11.5. The Morgan fingerprint density at radius 2 is 1.67 bits per heavy atom. The highest BCUT2D eigenvalue weighted by Gasteiger charge is 1.97. The maximum Gasteiger partial charge on any atom is 0.126 e. The predicted octanol–water partition coefficient (Wildman–Crippen LogP) is 2.59. The van der Waals surface area contributed by atoms with Crippen LogP contribution in [-0.2, 0) is 0 Å². The second-order valence-corrected chi connectivity index (χ2v) is 4.18. The van der Waals surface area contributed by atoms with Crippen LogP contribution in [0.15, 0.2) is 48.5 Å². The van der Waals surface area contributed by atoms with Crippen molar-refractivity contribution < 1.29 is 13.9 Å². The SMILES string of the molecule is NCC#Cc1ccc(OCCOc2cccc(F)c2)cc1. The van der Waals surface area contributed by atoms with Crippen LogP contribution >= 0.6 is 0 Å². The van der Waals surface area contributed by atoms with Crippen molar-refractivity contribution in [2.75, 3.05) is 19.8 Å². The number of hydrogen-bond acceptors (Lipinski definition) is 3. The van der Waals surface area contributed by atoms with Crippen LogP contribution in [0.3, 0.4) is 0 Å². The van der Waals surface area contributed by atoms with E-state index in [0.29, 0.717) is 25.5 Å². The molecule has 0 aliphatic rings. The van der Waals surface area contributed by atoms with Crippen molar-refractivity contribution in [3.63, 3.8) is 0 Å². The van der Waals surface area contributed by atoms with Crippen LogP contribution < -0.4 is 15.2 Å². The van der Waals surface area contributed by atoms with Gasteiger partial charge in [0.05, 0.1) is 6.54 Å². The Bertz CT molecular complexity index is 629. The summed E-state index contributed by atoms with van der Waals surface area (Å²) < 4.78 is 23.8. The number of ether oxygens (including phenoxy) is 2. The average Bonchev–Trinajstić information content (AvgIpc) is 2.51. The summed E-state index contributed by atoms with van der Waals surface area (Å²) in [6.45, 7) is 1.07. The van der Waals surface area contributed by atoms with E-state index in [4.69, 9.17) is 15.2 Å². The van der Waals surface area contributed by atoms with Gasteiger partial charge >= 0.3 is 0 Å². The van der Waals surface area contributed by atoms with Gasteiger partial charge in [0.2, 0.25) is 0 Å². The molecule has 2 aromatic carbocycles. The Hall–Kier alpha value is -2.51. The molecule has 0 spiro atoms. The van der Waals surface area contributed by atoms with E-state index in [0.717, 1.165) is 11.3 Å². The smallest absolute Gasteiger partial charge is 0.126 e. The third-order valence-corrected chi connectivity index (χ3v) is 2.61. The molecule has 0 unspecified atom stereocenters. The molecule has 0 radical (unpaired) electrons. The highest BCUT2D eigenvalue weighted by atomic mass is 19.1. The molecule has 0 saturated carbocycles. The Labute approximate surface area is 123 Å². The van der Waals surface area contributed by atoms with Gasteiger partial charge in [-0.1, -0.05) is 17.9 Å². The molecule has 0 saturated heterocycles. The van der Waals surface area contributed by atoms with Crippen LogP contribution in [0, 0.1) is 17.7 Å². The number of nitrogens with two attached hydrogens (primary N) is 1. The molecule has 0 amide bonds. The van der Waals surface area contributed by atoms with Gasteiger partial charge in [-0.05, 0) is 36.4 Å². The van der Waals surface area contributed by atoms with Crippen LogP contribution in [0.1, 0.15) is 5.56 Å². The molecular formula is C17H16FNO2. The van der Waals surface area contributed by atoms with Crippen LogP contribution in [0.5, 0.6) is 11.5 Å². The van der Waals surface area contributed by atoms with Crippen LogP contribution in [0.4, 0.5) is 4.39 Å². The van der Waals surface area contributed by atoms with Crippen molar-refractivity contribution >= 4 is 0 Å². The monoisotopic (exact) mass is 285 g/mol. The summed E-state index contributed by atoms with van der Waals surface area (Å²) in [6.07, 6.45) is 0. The summed E-state index contributed by atoms with van der Waals surface area (Å²) in [4.78, 5) is 0. The molecule has 0 aromatic heterocycles. The fraction of sp³-hybridized carbons (Fsp3) is 0.176. The highest BCUT2D eigenvalue weighted by molar-refractivity contribution is 5.38. The molecule has 0 atom stereocenters. The minimum atomic E-state index is -0.317. The summed E-state index contributed by atoms with van der Waals surface area (Å²) in [5.74, 6) is 6.63. The number of hydrogen-bond donors (Lipinski definition) is 1. The molecule has 2 N–H and O–H groups in total. The van der Waals surface area contributed by atoms with E-state index < -0.39 is 0 Å². The van der Waals surface area contributed by atoms with Gasteiger partial charge in [0.25, 0.3) is 0 Å². The average molecular weight is 285 g/mol. The summed E-state index contributed by atoms with van der Waals surface area (Å²) >= 11 is 0. The van der Waals surface area contributed by atoms with Crippen molar-refractivity contribution in [3.8, 4) is 23.3 Å². The first kappa shape index (κ1) is 14.9. The number of benzene rings is 2. The molecule has 108 valence electrons. The minimum Gasteiger partial charge on any atom is -0.490 e. The first-order chi connectivity index (χ1) is 10.3. The largest absolute Gasteiger partial charge is 0.490 e. The molecule has 4 heteroatoms. The van der Waals surface area contributed by atoms with Crippen LogP contribution in [0.2, 0.25) is 0 Å². The van der Waals surface area contributed by atoms with Gasteiger partial charge < -0.3 is 15.2 Å². The Kier molecular flexibility index (Phi) is 5.62. The first-order valence-electron chi connectivity index (χ1n) is 6.58. The lowest BCUT2D eigenvalue weighted by Crippen LogP contribution is -2.09. The van der Waals surface area contributed by atoms with Crippen molar-refractivity contribution in [1.82, 2.24) is 0 Å². The molecule has 0 bridgehead atoms. The molecule has 3 nitrogen and oxygen atoms in total. The van der Waals surface area contributed by atoms with Crippen LogP contribution in [-0.4, -0.2) is 19.8 Å². The van der Waals surface area contributed by atoms with Crippen LogP contribution in [0.25, 0.3) is 0 Å². The second kappa shape index (κ2) is 7.93. The molecule has 0 aliphatic carbocycles. The van der Waals surface area contributed by atoms with Gasteiger partial charge in [0.15, 0.2) is 0 Å². The molecule has 0 heterocycles. The lowest BCUT2D eigenvalue weighted by molar-refractivity contribution is 0.216. The van der Waals surface area contributed by atoms with Gasteiger partial charge in [-0.2, -0.15) is 0 Å². The molecular weight excluding hydrogens is 269 g/mol. The van der Waals surface area contributed by atoms with E-state index in [2.05, 4.69) is 11.8 Å². The fourth-order valence-electron chi connectivity index (χ4n) is 1.66. The zero-order chi connectivity index (χ0) is 14.9.